The summed E-state index contributed by atoms with van der Waals surface area (Å²) in [6.07, 6.45) is 0.361. The lowest BCUT2D eigenvalue weighted by Gasteiger charge is -2.19. The molecule has 0 aromatic heterocycles. The highest BCUT2D eigenvalue weighted by atomic mass is 16.6. The minimum atomic E-state index is -0.479. The summed E-state index contributed by atoms with van der Waals surface area (Å²) in [7, 11) is 3.38. The lowest BCUT2D eigenvalue weighted by Crippen LogP contribution is -2.39. The molecule has 1 aromatic rings. The summed E-state index contributed by atoms with van der Waals surface area (Å²) < 4.78 is 10.5. The molecule has 0 aliphatic heterocycles. The summed E-state index contributed by atoms with van der Waals surface area (Å²) in [5.41, 5.74) is 0.576. The Kier molecular flexibility index (Phi) is 8.60. The zero-order valence-electron chi connectivity index (χ0n) is 15.8. The minimum Gasteiger partial charge on any atom is -0.496 e. The van der Waals surface area contributed by atoms with Crippen molar-refractivity contribution >= 4 is 12.1 Å². The molecule has 0 unspecified atom stereocenters. The van der Waals surface area contributed by atoms with Crippen molar-refractivity contribution < 1.29 is 14.3 Å². The van der Waals surface area contributed by atoms with E-state index in [0.29, 0.717) is 25.6 Å². The molecule has 0 saturated heterocycles. The van der Waals surface area contributed by atoms with Gasteiger partial charge in [0.2, 0.25) is 0 Å². The topological polar surface area (TPSA) is 84.0 Å². The molecule has 25 heavy (non-hydrogen) atoms. The third-order valence-corrected chi connectivity index (χ3v) is 3.18. The second kappa shape index (κ2) is 10.4. The van der Waals surface area contributed by atoms with Crippen LogP contribution in [0.25, 0.3) is 0 Å². The fraction of sp³-hybridized carbons (Fsp3) is 0.556. The number of rotatable bonds is 7. The van der Waals surface area contributed by atoms with Crippen molar-refractivity contribution in [2.24, 2.45) is 4.99 Å². The standard InChI is InChI=1S/C18H30N4O3/c1-18(2,3)25-17(23)21-12-8-11-20-16(19-4)22-13-14-9-6-7-10-15(14)24-5/h6-7,9-10H,8,11-13H2,1-5H3,(H,21,23)(H2,19,20,22). The van der Waals surface area contributed by atoms with Gasteiger partial charge < -0.3 is 25.4 Å². The average molecular weight is 350 g/mol. The number of nitrogens with one attached hydrogen (secondary N) is 3. The number of guanidine groups is 1. The first kappa shape index (κ1) is 20.6. The maximum atomic E-state index is 11.5. The number of hydrogen-bond acceptors (Lipinski definition) is 4. The van der Waals surface area contributed by atoms with Crippen LogP contribution in [0.15, 0.2) is 29.3 Å². The fourth-order valence-corrected chi connectivity index (χ4v) is 2.05. The van der Waals surface area contributed by atoms with Gasteiger partial charge in [-0.15, -0.1) is 0 Å². The van der Waals surface area contributed by atoms with Crippen molar-refractivity contribution in [3.63, 3.8) is 0 Å². The Morgan fingerprint density at radius 2 is 1.80 bits per heavy atom. The first-order valence-corrected chi connectivity index (χ1v) is 8.39. The van der Waals surface area contributed by atoms with Gasteiger partial charge in [0, 0.05) is 32.2 Å². The molecule has 0 bridgehead atoms. The highest BCUT2D eigenvalue weighted by molar-refractivity contribution is 5.79. The van der Waals surface area contributed by atoms with Crippen LogP contribution in [0.2, 0.25) is 0 Å². The van der Waals surface area contributed by atoms with Crippen molar-refractivity contribution in [3.8, 4) is 5.75 Å². The van der Waals surface area contributed by atoms with Gasteiger partial charge in [-0.05, 0) is 33.3 Å². The number of aliphatic imine (C=N–C) groups is 1. The van der Waals surface area contributed by atoms with E-state index < -0.39 is 11.7 Å². The average Bonchev–Trinajstić information content (AvgIpc) is 2.56. The van der Waals surface area contributed by atoms with Crippen LogP contribution in [-0.2, 0) is 11.3 Å². The highest BCUT2D eigenvalue weighted by Gasteiger charge is 2.15. The molecule has 0 spiro atoms. The van der Waals surface area contributed by atoms with E-state index in [0.717, 1.165) is 17.7 Å². The van der Waals surface area contributed by atoms with E-state index in [4.69, 9.17) is 9.47 Å². The largest absolute Gasteiger partial charge is 0.496 e. The van der Waals surface area contributed by atoms with E-state index in [1.807, 2.05) is 45.0 Å². The van der Waals surface area contributed by atoms with Gasteiger partial charge >= 0.3 is 6.09 Å². The van der Waals surface area contributed by atoms with Crippen LogP contribution >= 0.6 is 0 Å². The van der Waals surface area contributed by atoms with Crippen LogP contribution in [0, 0.1) is 0 Å². The molecule has 1 aromatic carbocycles. The Hall–Kier alpha value is -2.44. The Morgan fingerprint density at radius 1 is 1.12 bits per heavy atom. The second-order valence-corrected chi connectivity index (χ2v) is 6.45. The first-order chi connectivity index (χ1) is 11.9. The van der Waals surface area contributed by atoms with Gasteiger partial charge in [-0.2, -0.15) is 0 Å². The van der Waals surface area contributed by atoms with Gasteiger partial charge in [-0.25, -0.2) is 4.79 Å². The number of alkyl carbamates (subject to hydrolysis) is 1. The van der Waals surface area contributed by atoms with Gasteiger partial charge in [0.05, 0.1) is 7.11 Å². The Bertz CT molecular complexity index is 568. The summed E-state index contributed by atoms with van der Waals surface area (Å²) in [5, 5.41) is 9.17. The number of carbonyl (C=O) groups excluding carboxylic acids is 1. The van der Waals surface area contributed by atoms with E-state index in [1.165, 1.54) is 0 Å². The van der Waals surface area contributed by atoms with Crippen LogP contribution in [0.1, 0.15) is 32.8 Å². The van der Waals surface area contributed by atoms with Crippen LogP contribution in [0.3, 0.4) is 0 Å². The number of methoxy groups -OCH3 is 1. The van der Waals surface area contributed by atoms with E-state index in [9.17, 15) is 4.79 Å². The molecular weight excluding hydrogens is 320 g/mol. The molecule has 0 atom stereocenters. The minimum absolute atomic E-state index is 0.397. The fourth-order valence-electron chi connectivity index (χ4n) is 2.05. The van der Waals surface area contributed by atoms with Crippen LogP contribution in [-0.4, -0.2) is 44.9 Å². The van der Waals surface area contributed by atoms with Crippen molar-refractivity contribution in [1.82, 2.24) is 16.0 Å². The molecule has 1 rings (SSSR count). The predicted octanol–water partition coefficient (Wildman–Crippen LogP) is 2.27. The number of benzene rings is 1. The monoisotopic (exact) mass is 350 g/mol. The molecule has 7 heteroatoms. The number of carbonyl (C=O) groups is 1. The van der Waals surface area contributed by atoms with Crippen molar-refractivity contribution in [2.75, 3.05) is 27.2 Å². The van der Waals surface area contributed by atoms with Crippen LogP contribution in [0.4, 0.5) is 4.79 Å². The van der Waals surface area contributed by atoms with E-state index in [2.05, 4.69) is 20.9 Å². The summed E-state index contributed by atoms with van der Waals surface area (Å²) in [5.74, 6) is 1.54. The smallest absolute Gasteiger partial charge is 0.407 e. The zero-order valence-corrected chi connectivity index (χ0v) is 15.8. The molecule has 0 fully saturated rings. The molecule has 140 valence electrons. The second-order valence-electron chi connectivity index (χ2n) is 6.45. The molecule has 1 amide bonds. The molecule has 0 aliphatic carbocycles. The van der Waals surface area contributed by atoms with Gasteiger partial charge in [-0.1, -0.05) is 18.2 Å². The predicted molar refractivity (Wildman–Crippen MR) is 100 cm³/mol. The quantitative estimate of drug-likeness (QED) is 0.399. The van der Waals surface area contributed by atoms with E-state index in [-0.39, 0.29) is 0 Å². The molecular formula is C18H30N4O3. The van der Waals surface area contributed by atoms with E-state index >= 15 is 0 Å². The third-order valence-electron chi connectivity index (χ3n) is 3.18. The zero-order chi connectivity index (χ0) is 18.7. The van der Waals surface area contributed by atoms with Crippen molar-refractivity contribution in [1.29, 1.82) is 0 Å². The molecule has 0 saturated carbocycles. The molecule has 0 heterocycles. The molecule has 0 radical (unpaired) electrons. The number of nitrogens with zero attached hydrogens (tertiary/aromatic N) is 1. The number of para-hydroxylation sites is 1. The van der Waals surface area contributed by atoms with Crippen molar-refractivity contribution in [2.45, 2.75) is 39.3 Å². The lowest BCUT2D eigenvalue weighted by molar-refractivity contribution is 0.0527. The van der Waals surface area contributed by atoms with Crippen LogP contribution < -0.4 is 20.7 Å². The maximum absolute atomic E-state index is 11.5. The van der Waals surface area contributed by atoms with Crippen LogP contribution in [0.5, 0.6) is 5.75 Å². The Labute approximate surface area is 150 Å². The maximum Gasteiger partial charge on any atom is 0.407 e. The first-order valence-electron chi connectivity index (χ1n) is 8.39. The summed E-state index contributed by atoms with van der Waals surface area (Å²) in [6.45, 7) is 7.34. The lowest BCUT2D eigenvalue weighted by atomic mass is 10.2. The number of ether oxygens (including phenoxy) is 2. The highest BCUT2D eigenvalue weighted by Crippen LogP contribution is 2.16. The molecule has 3 N–H and O–H groups in total. The summed E-state index contributed by atoms with van der Waals surface area (Å²) in [6, 6.07) is 7.84. The molecule has 7 nitrogen and oxygen atoms in total. The van der Waals surface area contributed by atoms with Gasteiger partial charge in [-0.3, -0.25) is 4.99 Å². The van der Waals surface area contributed by atoms with Gasteiger partial charge in [0.15, 0.2) is 5.96 Å². The summed E-state index contributed by atoms with van der Waals surface area (Å²) in [4.78, 5) is 15.7. The number of amides is 1. The SMILES string of the molecule is CN=C(NCCCNC(=O)OC(C)(C)C)NCc1ccccc1OC. The third kappa shape index (κ3) is 8.83. The summed E-state index contributed by atoms with van der Waals surface area (Å²) >= 11 is 0. The van der Waals surface area contributed by atoms with Gasteiger partial charge in [0.25, 0.3) is 0 Å². The van der Waals surface area contributed by atoms with Gasteiger partial charge in [0.1, 0.15) is 11.4 Å². The molecule has 0 aliphatic rings. The van der Waals surface area contributed by atoms with Crippen molar-refractivity contribution in [3.05, 3.63) is 29.8 Å². The Balaban J connectivity index is 2.26. The number of hydrogen-bond donors (Lipinski definition) is 3. The Morgan fingerprint density at radius 3 is 2.44 bits per heavy atom. The van der Waals surface area contributed by atoms with E-state index in [1.54, 1.807) is 14.2 Å². The normalized spacial score (nSPS) is 11.6.